The molecule has 9 nitrogen and oxygen atoms in total. The third kappa shape index (κ3) is 3.69. The van der Waals surface area contributed by atoms with Crippen LogP contribution in [-0.4, -0.2) is 59.6 Å². The monoisotopic (exact) mass is 434 g/mol. The van der Waals surface area contributed by atoms with Crippen molar-refractivity contribution in [2.24, 2.45) is 11.8 Å². The molecular weight excluding hydrogens is 408 g/mol. The van der Waals surface area contributed by atoms with Crippen LogP contribution in [0.3, 0.4) is 0 Å². The van der Waals surface area contributed by atoms with Gasteiger partial charge in [-0.05, 0) is 36.1 Å². The molecule has 166 valence electrons. The number of esters is 1. The minimum Gasteiger partial charge on any atom is -0.465 e. The van der Waals surface area contributed by atoms with E-state index in [1.54, 1.807) is 18.5 Å². The van der Waals surface area contributed by atoms with Crippen molar-refractivity contribution in [3.8, 4) is 0 Å². The number of ether oxygens (including phenoxy) is 1. The number of piperidine rings is 1. The number of H-pyrrole nitrogens is 1. The number of anilines is 1. The number of benzene rings is 1. The summed E-state index contributed by atoms with van der Waals surface area (Å²) in [6, 6.07) is 9.32. The smallest absolute Gasteiger partial charge is 0.337 e. The number of carbonyl (C=O) groups is 2. The summed E-state index contributed by atoms with van der Waals surface area (Å²) in [6.45, 7) is 2.80. The Hall–Kier alpha value is -3.46. The molecule has 32 heavy (non-hydrogen) atoms. The highest BCUT2D eigenvalue weighted by Gasteiger charge is 2.44. The molecule has 2 fully saturated rings. The molecule has 2 aromatic heterocycles. The number of carbonyl (C=O) groups excluding carboxylic acids is 2. The lowest BCUT2D eigenvalue weighted by Crippen LogP contribution is -2.54. The summed E-state index contributed by atoms with van der Waals surface area (Å²) in [6.07, 6.45) is 4.42. The molecule has 5 rings (SSSR count). The predicted molar refractivity (Wildman–Crippen MR) is 119 cm³/mol. The van der Waals surface area contributed by atoms with Gasteiger partial charge in [0.1, 0.15) is 17.8 Å². The van der Waals surface area contributed by atoms with Gasteiger partial charge in [-0.25, -0.2) is 14.8 Å². The van der Waals surface area contributed by atoms with Crippen LogP contribution in [0, 0.1) is 11.8 Å². The largest absolute Gasteiger partial charge is 0.465 e. The van der Waals surface area contributed by atoms with E-state index in [1.165, 1.54) is 7.11 Å². The second kappa shape index (κ2) is 8.58. The van der Waals surface area contributed by atoms with E-state index < -0.39 is 0 Å². The molecule has 1 amide bonds. The maximum absolute atomic E-state index is 13.1. The van der Waals surface area contributed by atoms with Crippen molar-refractivity contribution >= 4 is 28.7 Å². The molecular formula is C23H26N6O3. The molecule has 2 aliphatic heterocycles. The van der Waals surface area contributed by atoms with E-state index in [9.17, 15) is 9.59 Å². The zero-order valence-corrected chi connectivity index (χ0v) is 17.9. The number of amides is 1. The molecule has 0 bridgehead atoms. The molecule has 9 heteroatoms. The first-order valence-corrected chi connectivity index (χ1v) is 10.9. The van der Waals surface area contributed by atoms with Crippen molar-refractivity contribution in [1.82, 2.24) is 25.6 Å². The lowest BCUT2D eigenvalue weighted by atomic mass is 9.82. The van der Waals surface area contributed by atoms with Crippen LogP contribution in [0.1, 0.15) is 22.3 Å². The lowest BCUT2D eigenvalue weighted by molar-refractivity contribution is -0.127. The minimum atomic E-state index is -0.369. The average Bonchev–Trinajstić information content (AvgIpc) is 3.49. The average molecular weight is 435 g/mol. The molecule has 0 radical (unpaired) electrons. The Labute approximate surface area is 185 Å². The van der Waals surface area contributed by atoms with Gasteiger partial charge in [-0.2, -0.15) is 0 Å². The van der Waals surface area contributed by atoms with Crippen LogP contribution in [0.4, 0.5) is 5.82 Å². The van der Waals surface area contributed by atoms with Crippen LogP contribution in [0.2, 0.25) is 0 Å². The predicted octanol–water partition coefficient (Wildman–Crippen LogP) is 1.48. The van der Waals surface area contributed by atoms with Gasteiger partial charge < -0.3 is 25.3 Å². The van der Waals surface area contributed by atoms with E-state index in [-0.39, 0.29) is 29.8 Å². The third-order valence-corrected chi connectivity index (χ3v) is 6.62. The molecule has 1 aromatic carbocycles. The van der Waals surface area contributed by atoms with E-state index in [0.717, 1.165) is 41.9 Å². The Balaban J connectivity index is 1.26. The van der Waals surface area contributed by atoms with Gasteiger partial charge in [-0.15, -0.1) is 0 Å². The summed E-state index contributed by atoms with van der Waals surface area (Å²) in [5.41, 5.74) is 2.26. The Bertz CT molecular complexity index is 1130. The standard InChI is InChI=1S/C23H26N6O3/c1-32-23(31)15-4-2-14(3-5-15)10-26-22(30)18-11-24-12-19-16(18)7-9-29(19)21-17-6-8-25-20(17)27-13-28-21/h2-6,8,13,16,18-19,24H,7,9-12H2,1H3,(H,26,30)(H,25,27,28)/t16-,18?,19+/m1/s1. The Morgan fingerprint density at radius 3 is 2.84 bits per heavy atom. The molecule has 2 aliphatic rings. The number of aromatic nitrogens is 3. The molecule has 0 spiro atoms. The summed E-state index contributed by atoms with van der Waals surface area (Å²) in [5.74, 6) is 0.780. The summed E-state index contributed by atoms with van der Waals surface area (Å²) in [4.78, 5) is 39.0. The molecule has 0 aliphatic carbocycles. The number of rotatable bonds is 5. The van der Waals surface area contributed by atoms with Crippen LogP contribution in [0.5, 0.6) is 0 Å². The zero-order valence-electron chi connectivity index (χ0n) is 17.9. The van der Waals surface area contributed by atoms with E-state index in [4.69, 9.17) is 4.74 Å². The van der Waals surface area contributed by atoms with Crippen molar-refractivity contribution in [3.05, 3.63) is 54.0 Å². The second-order valence-electron chi connectivity index (χ2n) is 8.32. The number of methoxy groups -OCH3 is 1. The van der Waals surface area contributed by atoms with Gasteiger partial charge in [0.05, 0.1) is 24.0 Å². The molecule has 3 atom stereocenters. The fraction of sp³-hybridized carbons (Fsp3) is 0.391. The Kier molecular flexibility index (Phi) is 5.48. The fourth-order valence-electron chi connectivity index (χ4n) is 4.98. The molecule has 3 N–H and O–H groups in total. The summed E-state index contributed by atoms with van der Waals surface area (Å²) >= 11 is 0. The molecule has 0 saturated carbocycles. The summed E-state index contributed by atoms with van der Waals surface area (Å²) < 4.78 is 4.72. The Morgan fingerprint density at radius 1 is 1.19 bits per heavy atom. The van der Waals surface area contributed by atoms with Gasteiger partial charge in [0, 0.05) is 38.4 Å². The van der Waals surface area contributed by atoms with E-state index in [0.29, 0.717) is 18.7 Å². The van der Waals surface area contributed by atoms with Crippen LogP contribution < -0.4 is 15.5 Å². The van der Waals surface area contributed by atoms with E-state index in [2.05, 4.69) is 30.5 Å². The second-order valence-corrected chi connectivity index (χ2v) is 8.32. The van der Waals surface area contributed by atoms with Crippen molar-refractivity contribution < 1.29 is 14.3 Å². The molecule has 4 heterocycles. The first kappa shape index (κ1) is 20.4. The van der Waals surface area contributed by atoms with Crippen molar-refractivity contribution in [2.45, 2.75) is 19.0 Å². The van der Waals surface area contributed by atoms with Crippen LogP contribution in [0.25, 0.3) is 11.0 Å². The maximum Gasteiger partial charge on any atom is 0.337 e. The minimum absolute atomic E-state index is 0.0561. The van der Waals surface area contributed by atoms with Gasteiger partial charge in [0.2, 0.25) is 5.91 Å². The third-order valence-electron chi connectivity index (χ3n) is 6.62. The topological polar surface area (TPSA) is 112 Å². The van der Waals surface area contributed by atoms with Gasteiger partial charge in [-0.3, -0.25) is 4.79 Å². The highest BCUT2D eigenvalue weighted by molar-refractivity contribution is 5.89. The summed E-state index contributed by atoms with van der Waals surface area (Å²) in [7, 11) is 1.36. The molecule has 3 aromatic rings. The van der Waals surface area contributed by atoms with Crippen molar-refractivity contribution in [2.75, 3.05) is 31.6 Å². The first-order chi connectivity index (χ1) is 15.7. The van der Waals surface area contributed by atoms with E-state index in [1.807, 2.05) is 24.4 Å². The first-order valence-electron chi connectivity index (χ1n) is 10.9. The Morgan fingerprint density at radius 2 is 2.03 bits per heavy atom. The number of hydrogen-bond acceptors (Lipinski definition) is 7. The molecule has 2 saturated heterocycles. The quantitative estimate of drug-likeness (QED) is 0.522. The number of aromatic amines is 1. The number of fused-ring (bicyclic) bond motifs is 2. The van der Waals surface area contributed by atoms with Crippen LogP contribution >= 0.6 is 0 Å². The fourth-order valence-corrected chi connectivity index (χ4v) is 4.98. The van der Waals surface area contributed by atoms with Crippen LogP contribution in [0.15, 0.2) is 42.9 Å². The SMILES string of the molecule is COC(=O)c1ccc(CNC(=O)C2CNC[C@H]3[C@@H]2CCN3c2ncnc3[nH]ccc23)cc1. The highest BCUT2D eigenvalue weighted by Crippen LogP contribution is 2.37. The van der Waals surface area contributed by atoms with Gasteiger partial charge >= 0.3 is 5.97 Å². The lowest BCUT2D eigenvalue weighted by Gasteiger charge is -2.37. The van der Waals surface area contributed by atoms with Gasteiger partial charge in [0.15, 0.2) is 0 Å². The maximum atomic E-state index is 13.1. The summed E-state index contributed by atoms with van der Waals surface area (Å²) in [5, 5.41) is 7.54. The van der Waals surface area contributed by atoms with Crippen molar-refractivity contribution in [1.29, 1.82) is 0 Å². The number of hydrogen-bond donors (Lipinski definition) is 3. The molecule has 1 unspecified atom stereocenters. The van der Waals surface area contributed by atoms with Crippen molar-refractivity contribution in [3.63, 3.8) is 0 Å². The van der Waals surface area contributed by atoms with Crippen LogP contribution in [-0.2, 0) is 16.1 Å². The van der Waals surface area contributed by atoms with Gasteiger partial charge in [0.25, 0.3) is 0 Å². The number of nitrogens with zero attached hydrogens (tertiary/aromatic N) is 3. The highest BCUT2D eigenvalue weighted by atomic mass is 16.5. The number of nitrogens with one attached hydrogen (secondary N) is 3. The zero-order chi connectivity index (χ0) is 22.1. The normalized spacial score (nSPS) is 22.5. The van der Waals surface area contributed by atoms with E-state index >= 15 is 0 Å². The van der Waals surface area contributed by atoms with Gasteiger partial charge in [-0.1, -0.05) is 12.1 Å².